The molecule has 3 aromatic carbocycles. The fourth-order valence-corrected chi connectivity index (χ4v) is 4.29. The van der Waals surface area contributed by atoms with Gasteiger partial charge in [-0.2, -0.15) is 4.57 Å². The number of aromatic nitrogens is 1. The van der Waals surface area contributed by atoms with Gasteiger partial charge in [0.25, 0.3) is 0 Å². The number of aryl methyl sites for hydroxylation is 1. The molecule has 0 saturated heterocycles. The second-order valence-electron chi connectivity index (χ2n) is 8.60. The van der Waals surface area contributed by atoms with Crippen LogP contribution in [0.25, 0.3) is 49.2 Å². The normalized spacial score (nSPS) is 15.6. The Morgan fingerprint density at radius 2 is 1.65 bits per heavy atom. The third-order valence-corrected chi connectivity index (χ3v) is 6.04. The summed E-state index contributed by atoms with van der Waals surface area (Å²) in [6, 6.07) is 4.01. The standard InChI is InChI=1S/C31H29N2O/c1-19(2)18-23-13-17-27(33(6)21(23)4)28-20(3)12-14-24-25-15-16-26(32-5)29(31(25)34-30(24)28)22-10-8-7-9-11-22/h7-17,19H,18H2,1-4,6H3/q+1/i7D,8D,9D,10D,11D,13D,17D,18D2. The quantitative estimate of drug-likeness (QED) is 0.198. The lowest BCUT2D eigenvalue weighted by molar-refractivity contribution is -0.667. The van der Waals surface area contributed by atoms with E-state index < -0.39 is 42.5 Å². The van der Waals surface area contributed by atoms with Crippen molar-refractivity contribution in [2.75, 3.05) is 0 Å². The van der Waals surface area contributed by atoms with Gasteiger partial charge in [-0.3, -0.25) is 0 Å². The third-order valence-electron chi connectivity index (χ3n) is 6.04. The van der Waals surface area contributed by atoms with E-state index in [4.69, 9.17) is 23.3 Å². The highest BCUT2D eigenvalue weighted by atomic mass is 16.3. The summed E-state index contributed by atoms with van der Waals surface area (Å²) in [5.74, 6) is -0.433. The molecule has 0 amide bonds. The van der Waals surface area contributed by atoms with Gasteiger partial charge in [-0.05, 0) is 36.4 Å². The molecule has 0 aliphatic carbocycles. The molecule has 34 heavy (non-hydrogen) atoms. The topological polar surface area (TPSA) is 21.4 Å². The highest BCUT2D eigenvalue weighted by molar-refractivity contribution is 6.15. The van der Waals surface area contributed by atoms with Gasteiger partial charge in [0.2, 0.25) is 5.69 Å². The minimum absolute atomic E-state index is 0.0552. The molecule has 2 aromatic heterocycles. The maximum Gasteiger partial charge on any atom is 0.216 e. The summed E-state index contributed by atoms with van der Waals surface area (Å²) < 4.78 is 85.0. The first kappa shape index (κ1) is 13.7. The van der Waals surface area contributed by atoms with E-state index in [0.29, 0.717) is 33.3 Å². The Morgan fingerprint density at radius 1 is 0.971 bits per heavy atom. The number of rotatable bonds is 4. The van der Waals surface area contributed by atoms with Crippen LogP contribution in [0.2, 0.25) is 0 Å². The zero-order valence-electron chi connectivity index (χ0n) is 28.7. The lowest BCUT2D eigenvalue weighted by Crippen LogP contribution is -2.36. The number of furan rings is 1. The average Bonchev–Trinajstić information content (AvgIpc) is 3.34. The number of hydrogen-bond donors (Lipinski definition) is 0. The molecular weight excluding hydrogens is 416 g/mol. The first-order valence-corrected chi connectivity index (χ1v) is 11.0. The Kier molecular flexibility index (Phi) is 3.42. The van der Waals surface area contributed by atoms with Gasteiger partial charge in [0.1, 0.15) is 18.2 Å². The molecule has 0 aliphatic heterocycles. The minimum Gasteiger partial charge on any atom is -0.456 e. The SMILES string of the molecule is [2H]c1c([2H])c([2H])c(-c2c([N+]#[C-])ccc3c2oc2c(-c4c([2H])c([2H])c(C([2H])([2H])C(C)C)c(C)[n+]4C)c(C)ccc23)c([2H])c1[2H]. The molecule has 3 nitrogen and oxygen atoms in total. The molecule has 0 aliphatic rings. The molecule has 0 unspecified atom stereocenters. The Balaban J connectivity index is 1.95. The zero-order chi connectivity index (χ0) is 31.9. The average molecular weight is 455 g/mol. The Bertz CT molecular complexity index is 2000. The highest BCUT2D eigenvalue weighted by Gasteiger charge is 2.24. The predicted octanol–water partition coefficient (Wildman–Crippen LogP) is 8.11. The summed E-state index contributed by atoms with van der Waals surface area (Å²) in [6.45, 7) is 14.8. The van der Waals surface area contributed by atoms with Gasteiger partial charge in [-0.15, -0.1) is 0 Å². The molecule has 168 valence electrons. The van der Waals surface area contributed by atoms with Gasteiger partial charge < -0.3 is 4.42 Å². The summed E-state index contributed by atoms with van der Waals surface area (Å²) in [4.78, 5) is 3.59. The van der Waals surface area contributed by atoms with E-state index in [1.165, 1.54) is 6.07 Å². The van der Waals surface area contributed by atoms with Crippen molar-refractivity contribution >= 4 is 27.6 Å². The van der Waals surface area contributed by atoms with Crippen LogP contribution in [-0.2, 0) is 13.4 Å². The van der Waals surface area contributed by atoms with Crippen LogP contribution >= 0.6 is 0 Å². The summed E-state index contributed by atoms with van der Waals surface area (Å²) in [6.07, 6.45) is -1.84. The predicted molar refractivity (Wildman–Crippen MR) is 140 cm³/mol. The fourth-order valence-electron chi connectivity index (χ4n) is 4.29. The smallest absolute Gasteiger partial charge is 0.216 e. The van der Waals surface area contributed by atoms with E-state index in [1.54, 1.807) is 38.5 Å². The second-order valence-corrected chi connectivity index (χ2v) is 8.60. The van der Waals surface area contributed by atoms with Crippen LogP contribution < -0.4 is 4.57 Å². The van der Waals surface area contributed by atoms with Crippen molar-refractivity contribution in [1.82, 2.24) is 0 Å². The number of nitrogens with zero attached hydrogens (tertiary/aromatic N) is 2. The van der Waals surface area contributed by atoms with Crippen LogP contribution in [0.5, 0.6) is 0 Å². The van der Waals surface area contributed by atoms with Crippen LogP contribution in [0.1, 0.15) is 43.0 Å². The minimum atomic E-state index is -1.84. The number of pyridine rings is 1. The lowest BCUT2D eigenvalue weighted by atomic mass is 9.96. The maximum atomic E-state index is 9.04. The van der Waals surface area contributed by atoms with E-state index in [-0.39, 0.29) is 40.0 Å². The molecule has 0 saturated carbocycles. The number of benzene rings is 3. The van der Waals surface area contributed by atoms with Gasteiger partial charge in [0.15, 0.2) is 11.4 Å². The number of hydrogen-bond acceptors (Lipinski definition) is 1. The van der Waals surface area contributed by atoms with E-state index in [0.717, 1.165) is 5.56 Å². The second kappa shape index (κ2) is 8.47. The summed E-state index contributed by atoms with van der Waals surface area (Å²) >= 11 is 0. The Hall–Kier alpha value is -3.90. The first-order chi connectivity index (χ1) is 20.1. The molecule has 0 atom stereocenters. The van der Waals surface area contributed by atoms with Crippen molar-refractivity contribution in [3.63, 3.8) is 0 Å². The van der Waals surface area contributed by atoms with Crippen molar-refractivity contribution in [1.29, 1.82) is 0 Å². The van der Waals surface area contributed by atoms with Gasteiger partial charge >= 0.3 is 0 Å². The van der Waals surface area contributed by atoms with Crippen molar-refractivity contribution in [2.24, 2.45) is 13.0 Å². The van der Waals surface area contributed by atoms with Crippen LogP contribution in [-0.4, -0.2) is 0 Å². The van der Waals surface area contributed by atoms with Gasteiger partial charge in [-0.25, -0.2) is 4.85 Å². The van der Waals surface area contributed by atoms with E-state index in [9.17, 15) is 0 Å². The highest BCUT2D eigenvalue weighted by Crippen LogP contribution is 2.44. The molecule has 5 aromatic rings. The summed E-state index contributed by atoms with van der Waals surface area (Å²) in [5, 5.41) is 1.17. The van der Waals surface area contributed by atoms with Crippen LogP contribution in [0.3, 0.4) is 0 Å². The summed E-state index contributed by atoms with van der Waals surface area (Å²) in [5.41, 5.74) is 2.73. The van der Waals surface area contributed by atoms with Crippen molar-refractivity contribution in [3.8, 4) is 22.4 Å². The molecule has 0 fully saturated rings. The number of fused-ring (bicyclic) bond motifs is 3. The van der Waals surface area contributed by atoms with Gasteiger partial charge in [0, 0.05) is 37.6 Å². The molecule has 0 radical (unpaired) electrons. The zero-order valence-corrected chi connectivity index (χ0v) is 19.7. The molecular formula is C31H29N2O+. The Morgan fingerprint density at radius 3 is 2.32 bits per heavy atom. The molecule has 2 heterocycles. The van der Waals surface area contributed by atoms with Crippen molar-refractivity contribution in [3.05, 3.63) is 94.8 Å². The van der Waals surface area contributed by atoms with Crippen LogP contribution in [0, 0.1) is 26.3 Å². The molecule has 0 N–H and O–H groups in total. The lowest BCUT2D eigenvalue weighted by Gasteiger charge is -2.11. The third kappa shape index (κ3) is 3.47. The van der Waals surface area contributed by atoms with Crippen molar-refractivity contribution in [2.45, 2.75) is 34.1 Å². The van der Waals surface area contributed by atoms with E-state index >= 15 is 0 Å². The van der Waals surface area contributed by atoms with E-state index in [2.05, 4.69) is 4.85 Å². The molecule has 5 rings (SSSR count). The van der Waals surface area contributed by atoms with Crippen LogP contribution in [0.4, 0.5) is 5.69 Å². The van der Waals surface area contributed by atoms with E-state index in [1.807, 2.05) is 19.1 Å². The Labute approximate surface area is 213 Å². The molecule has 0 bridgehead atoms. The fraction of sp³-hybridized carbons (Fsp3) is 0.226. The molecule has 0 spiro atoms. The van der Waals surface area contributed by atoms with Crippen LogP contribution in [0.15, 0.2) is 71.0 Å². The largest absolute Gasteiger partial charge is 0.456 e. The molecule has 3 heteroatoms. The monoisotopic (exact) mass is 454 g/mol. The summed E-state index contributed by atoms with van der Waals surface area (Å²) in [7, 11) is 1.72. The first-order valence-electron chi connectivity index (χ1n) is 15.5. The maximum absolute atomic E-state index is 9.04. The van der Waals surface area contributed by atoms with Gasteiger partial charge in [-0.1, -0.05) is 68.3 Å². The van der Waals surface area contributed by atoms with Crippen molar-refractivity contribution < 1.29 is 21.3 Å². The van der Waals surface area contributed by atoms with Gasteiger partial charge in [0.05, 0.1) is 21.7 Å².